The first-order valence-corrected chi connectivity index (χ1v) is 11.8. The van der Waals surface area contributed by atoms with E-state index in [1.165, 1.54) is 11.8 Å². The number of benzene rings is 4. The molecule has 4 rings (SSSR count). The Morgan fingerprint density at radius 1 is 0.812 bits per heavy atom. The second kappa shape index (κ2) is 10.0. The Hall–Kier alpha value is -3.09. The zero-order valence-corrected chi connectivity index (χ0v) is 19.7. The molecule has 0 bridgehead atoms. The molecule has 2 amide bonds. The minimum atomic E-state index is -0.312. The second-order valence-corrected chi connectivity index (χ2v) is 9.54. The van der Waals surface area contributed by atoms with E-state index in [4.69, 9.17) is 0 Å². The number of fused-ring (bicyclic) bond motifs is 1. The first-order valence-electron chi connectivity index (χ1n) is 10.1. The Labute approximate surface area is 199 Å². The van der Waals surface area contributed by atoms with Crippen LogP contribution in [0.4, 0.5) is 11.4 Å². The number of amides is 2. The van der Waals surface area contributed by atoms with Gasteiger partial charge in [-0.3, -0.25) is 9.59 Å². The number of para-hydroxylation sites is 1. The topological polar surface area (TPSA) is 58.2 Å². The van der Waals surface area contributed by atoms with E-state index < -0.39 is 0 Å². The minimum absolute atomic E-state index is 0.0903. The van der Waals surface area contributed by atoms with E-state index in [0.29, 0.717) is 11.3 Å². The Bertz CT molecular complexity index is 1290. The summed E-state index contributed by atoms with van der Waals surface area (Å²) in [7, 11) is 0. The van der Waals surface area contributed by atoms with Crippen molar-refractivity contribution in [2.45, 2.75) is 17.1 Å². The number of thioether (sulfide) groups is 1. The van der Waals surface area contributed by atoms with E-state index in [0.717, 1.165) is 25.8 Å². The Kier molecular flexibility index (Phi) is 6.93. The van der Waals surface area contributed by atoms with Crippen LogP contribution in [0.15, 0.2) is 100 Å². The average Bonchev–Trinajstić information content (AvgIpc) is 2.80. The number of hydrogen-bond donors (Lipinski definition) is 2. The molecule has 2 N–H and O–H groups in total. The van der Waals surface area contributed by atoms with Crippen molar-refractivity contribution in [3.63, 3.8) is 0 Å². The molecule has 0 spiro atoms. The molecule has 0 radical (unpaired) electrons. The van der Waals surface area contributed by atoms with Gasteiger partial charge in [0, 0.05) is 20.6 Å². The Balaban J connectivity index is 1.41. The number of anilines is 2. The van der Waals surface area contributed by atoms with Crippen molar-refractivity contribution < 1.29 is 9.59 Å². The molecule has 6 heteroatoms. The third-order valence-electron chi connectivity index (χ3n) is 4.92. The summed E-state index contributed by atoms with van der Waals surface area (Å²) in [4.78, 5) is 26.2. The van der Waals surface area contributed by atoms with Gasteiger partial charge >= 0.3 is 0 Å². The maximum atomic E-state index is 12.7. The van der Waals surface area contributed by atoms with Gasteiger partial charge in [0.05, 0.1) is 10.9 Å². The maximum Gasteiger partial charge on any atom is 0.255 e. The summed E-state index contributed by atoms with van der Waals surface area (Å²) >= 11 is 4.88. The van der Waals surface area contributed by atoms with Crippen LogP contribution in [0.1, 0.15) is 17.3 Å². The fourth-order valence-corrected chi connectivity index (χ4v) is 4.55. The van der Waals surface area contributed by atoms with Gasteiger partial charge in [0.15, 0.2) is 0 Å². The summed E-state index contributed by atoms with van der Waals surface area (Å²) < 4.78 is 0.837. The quantitative estimate of drug-likeness (QED) is 0.278. The van der Waals surface area contributed by atoms with Crippen molar-refractivity contribution in [2.75, 3.05) is 10.6 Å². The molecule has 0 saturated carbocycles. The molecular weight excluding hydrogens is 484 g/mol. The molecule has 32 heavy (non-hydrogen) atoms. The summed E-state index contributed by atoms with van der Waals surface area (Å²) in [5.41, 5.74) is 2.02. The van der Waals surface area contributed by atoms with Gasteiger partial charge in [0.25, 0.3) is 5.91 Å². The highest BCUT2D eigenvalue weighted by Crippen LogP contribution is 2.28. The van der Waals surface area contributed by atoms with Crippen LogP contribution in [0, 0.1) is 0 Å². The van der Waals surface area contributed by atoms with Crippen molar-refractivity contribution in [1.29, 1.82) is 0 Å². The van der Waals surface area contributed by atoms with Crippen molar-refractivity contribution in [3.8, 4) is 0 Å². The number of carbonyl (C=O) groups excluding carboxylic acids is 2. The number of rotatable bonds is 6. The highest BCUT2D eigenvalue weighted by Gasteiger charge is 2.16. The highest BCUT2D eigenvalue weighted by atomic mass is 79.9. The number of carbonyl (C=O) groups is 2. The van der Waals surface area contributed by atoms with Crippen LogP contribution >= 0.6 is 27.7 Å². The van der Waals surface area contributed by atoms with Crippen molar-refractivity contribution in [2.24, 2.45) is 0 Å². The minimum Gasteiger partial charge on any atom is -0.324 e. The maximum absolute atomic E-state index is 12.7. The van der Waals surface area contributed by atoms with Crippen LogP contribution < -0.4 is 10.6 Å². The summed E-state index contributed by atoms with van der Waals surface area (Å²) in [6.45, 7) is 1.86. The fourth-order valence-electron chi connectivity index (χ4n) is 3.24. The molecule has 160 valence electrons. The fraction of sp³-hybridized carbons (Fsp3) is 0.0769. The number of halogens is 1. The average molecular weight is 505 g/mol. The molecule has 4 aromatic carbocycles. The van der Waals surface area contributed by atoms with Crippen molar-refractivity contribution in [3.05, 3.63) is 101 Å². The first-order chi connectivity index (χ1) is 15.5. The number of hydrogen-bond acceptors (Lipinski definition) is 3. The molecule has 0 aliphatic rings. The molecule has 0 heterocycles. The molecule has 0 aliphatic carbocycles. The predicted molar refractivity (Wildman–Crippen MR) is 136 cm³/mol. The van der Waals surface area contributed by atoms with Crippen LogP contribution in [0.2, 0.25) is 0 Å². The van der Waals surface area contributed by atoms with Crippen LogP contribution in [-0.2, 0) is 4.79 Å². The van der Waals surface area contributed by atoms with Crippen LogP contribution in [0.25, 0.3) is 10.8 Å². The van der Waals surface area contributed by atoms with E-state index in [-0.39, 0.29) is 17.1 Å². The summed E-state index contributed by atoms with van der Waals surface area (Å²) in [5, 5.41) is 7.70. The van der Waals surface area contributed by atoms with E-state index in [2.05, 4.69) is 26.6 Å². The van der Waals surface area contributed by atoms with Crippen LogP contribution in [0.3, 0.4) is 0 Å². The molecule has 1 unspecified atom stereocenters. The molecule has 0 aliphatic heterocycles. The molecule has 4 nitrogen and oxygen atoms in total. The SMILES string of the molecule is CC(Sc1cccc(NC(=O)c2ccc3ccccc3c2)c1)C(=O)Nc1ccccc1Br. The molecule has 0 fully saturated rings. The lowest BCUT2D eigenvalue weighted by atomic mass is 10.1. The number of nitrogens with one attached hydrogen (secondary N) is 2. The summed E-state index contributed by atoms with van der Waals surface area (Å²) in [5.74, 6) is -0.259. The highest BCUT2D eigenvalue weighted by molar-refractivity contribution is 9.10. The zero-order chi connectivity index (χ0) is 22.5. The third-order valence-corrected chi connectivity index (χ3v) is 6.70. The smallest absolute Gasteiger partial charge is 0.255 e. The molecule has 1 atom stereocenters. The standard InChI is InChI=1S/C26H21BrN2O2S/c1-17(25(30)29-24-12-5-4-11-23(24)27)32-22-10-6-9-21(16-22)28-26(31)20-14-13-18-7-2-3-8-19(18)15-20/h2-17H,1H3,(H,28,31)(H,29,30). The molecule has 4 aromatic rings. The van der Waals surface area contributed by atoms with E-state index in [1.54, 1.807) is 0 Å². The molecular formula is C26H21BrN2O2S. The summed E-state index contributed by atoms with van der Waals surface area (Å²) in [6.07, 6.45) is 0. The summed E-state index contributed by atoms with van der Waals surface area (Å²) in [6, 6.07) is 28.6. The van der Waals surface area contributed by atoms with E-state index in [1.807, 2.05) is 97.9 Å². The van der Waals surface area contributed by atoms with Gasteiger partial charge in [-0.2, -0.15) is 0 Å². The van der Waals surface area contributed by atoms with Gasteiger partial charge < -0.3 is 10.6 Å². The van der Waals surface area contributed by atoms with Gasteiger partial charge in [-0.15, -0.1) is 11.8 Å². The van der Waals surface area contributed by atoms with E-state index >= 15 is 0 Å². The lowest BCUT2D eigenvalue weighted by Gasteiger charge is -2.14. The normalized spacial score (nSPS) is 11.7. The second-order valence-electron chi connectivity index (χ2n) is 7.27. The van der Waals surface area contributed by atoms with Crippen LogP contribution in [-0.4, -0.2) is 17.1 Å². The van der Waals surface area contributed by atoms with Crippen LogP contribution in [0.5, 0.6) is 0 Å². The zero-order valence-electron chi connectivity index (χ0n) is 17.3. The van der Waals surface area contributed by atoms with Gasteiger partial charge in [0.1, 0.15) is 0 Å². The van der Waals surface area contributed by atoms with E-state index in [9.17, 15) is 9.59 Å². The Morgan fingerprint density at radius 3 is 2.38 bits per heavy atom. The van der Waals surface area contributed by atoms with Gasteiger partial charge in [-0.05, 0) is 76.1 Å². The third kappa shape index (κ3) is 5.39. The van der Waals surface area contributed by atoms with Gasteiger partial charge in [-0.1, -0.05) is 48.5 Å². The lowest BCUT2D eigenvalue weighted by molar-refractivity contribution is -0.115. The van der Waals surface area contributed by atoms with Crippen molar-refractivity contribution >= 4 is 61.7 Å². The Morgan fingerprint density at radius 2 is 1.56 bits per heavy atom. The first kappa shape index (κ1) is 22.1. The molecule has 0 saturated heterocycles. The monoisotopic (exact) mass is 504 g/mol. The largest absolute Gasteiger partial charge is 0.324 e. The predicted octanol–water partition coefficient (Wildman–Crippen LogP) is 6.97. The van der Waals surface area contributed by atoms with Gasteiger partial charge in [0.2, 0.25) is 5.91 Å². The lowest BCUT2D eigenvalue weighted by Crippen LogP contribution is -2.22. The molecule has 0 aromatic heterocycles. The van der Waals surface area contributed by atoms with Gasteiger partial charge in [-0.25, -0.2) is 0 Å². The van der Waals surface area contributed by atoms with Crippen molar-refractivity contribution in [1.82, 2.24) is 0 Å².